The molecule has 2 rings (SSSR count). The van der Waals surface area contributed by atoms with E-state index in [0.29, 0.717) is 18.2 Å². The second-order valence-corrected chi connectivity index (χ2v) is 6.92. The van der Waals surface area contributed by atoms with E-state index in [0.717, 1.165) is 40.0 Å². The first-order chi connectivity index (χ1) is 12.9. The number of ether oxygens (including phenoxy) is 1. The van der Waals surface area contributed by atoms with E-state index < -0.39 is 0 Å². The van der Waals surface area contributed by atoms with Crippen LogP contribution in [0.5, 0.6) is 0 Å². The van der Waals surface area contributed by atoms with Crippen LogP contribution < -0.4 is 11.1 Å². The van der Waals surface area contributed by atoms with Gasteiger partial charge in [-0.2, -0.15) is 0 Å². The van der Waals surface area contributed by atoms with E-state index >= 15 is 0 Å². The van der Waals surface area contributed by atoms with E-state index in [1.165, 1.54) is 0 Å². The number of halogens is 1. The molecule has 0 amide bonds. The number of rotatable bonds is 8. The highest BCUT2D eigenvalue weighted by Gasteiger charge is 2.23. The Bertz CT molecular complexity index is 805. The molecule has 3 N–H and O–H groups in total. The van der Waals surface area contributed by atoms with Crippen molar-refractivity contribution >= 4 is 28.9 Å². The lowest BCUT2D eigenvalue weighted by Crippen LogP contribution is -2.14. The highest BCUT2D eigenvalue weighted by molar-refractivity contribution is 6.17. The molecule has 0 heterocycles. The molecule has 5 heteroatoms. The summed E-state index contributed by atoms with van der Waals surface area (Å²) in [5.74, 6) is 0.0838. The van der Waals surface area contributed by atoms with Crippen LogP contribution in [0, 0.1) is 13.8 Å². The third kappa shape index (κ3) is 4.95. The molecule has 0 saturated carbocycles. The minimum atomic E-state index is -0.218. The molecule has 27 heavy (non-hydrogen) atoms. The van der Waals surface area contributed by atoms with E-state index in [9.17, 15) is 4.79 Å². The monoisotopic (exact) mass is 388 g/mol. The first-order valence-corrected chi connectivity index (χ1v) is 9.90. The second-order valence-electron chi connectivity index (χ2n) is 6.65. The quantitative estimate of drug-likeness (QED) is 0.373. The summed E-state index contributed by atoms with van der Waals surface area (Å²) in [7, 11) is 0. The maximum atomic E-state index is 12.3. The number of alkyl halides is 1. The summed E-state index contributed by atoms with van der Waals surface area (Å²) in [5.41, 5.74) is 13.3. The number of aryl methyl sites for hydroxylation is 1. The number of benzene rings is 2. The first kappa shape index (κ1) is 21.1. The third-order valence-corrected chi connectivity index (χ3v) is 5.18. The van der Waals surface area contributed by atoms with Crippen molar-refractivity contribution < 1.29 is 9.53 Å². The smallest absolute Gasteiger partial charge is 0.306 e. The molecule has 0 aliphatic heterocycles. The molecule has 2 aromatic rings. The van der Waals surface area contributed by atoms with Crippen molar-refractivity contribution in [3.8, 4) is 0 Å². The summed E-state index contributed by atoms with van der Waals surface area (Å²) in [6.45, 7) is 9.06. The highest BCUT2D eigenvalue weighted by Crippen LogP contribution is 2.36. The number of nitrogens with two attached hydrogens (primary N) is 1. The Morgan fingerprint density at radius 2 is 1.96 bits per heavy atom. The number of hydrogen-bond acceptors (Lipinski definition) is 4. The molecule has 0 spiro atoms. The first-order valence-electron chi connectivity index (χ1n) is 9.36. The van der Waals surface area contributed by atoms with Gasteiger partial charge < -0.3 is 15.8 Å². The summed E-state index contributed by atoms with van der Waals surface area (Å²) in [5, 5.41) is 3.28. The lowest BCUT2D eigenvalue weighted by Gasteiger charge is -2.23. The van der Waals surface area contributed by atoms with Crippen molar-refractivity contribution in [3.63, 3.8) is 0 Å². The summed E-state index contributed by atoms with van der Waals surface area (Å²) in [6.07, 6.45) is 0.263. The molecule has 2 aromatic carbocycles. The predicted molar refractivity (Wildman–Crippen MR) is 114 cm³/mol. The minimum absolute atomic E-state index is 0.135. The zero-order valence-corrected chi connectivity index (χ0v) is 17.3. The van der Waals surface area contributed by atoms with Gasteiger partial charge in [0.2, 0.25) is 0 Å². The zero-order chi connectivity index (χ0) is 20.0. The largest absolute Gasteiger partial charge is 0.466 e. The van der Waals surface area contributed by atoms with Gasteiger partial charge in [0.05, 0.1) is 24.4 Å². The number of carbonyl (C=O) groups is 1. The van der Waals surface area contributed by atoms with E-state index in [1.54, 1.807) is 0 Å². The minimum Gasteiger partial charge on any atom is -0.466 e. The average molecular weight is 389 g/mol. The fourth-order valence-electron chi connectivity index (χ4n) is 3.31. The Morgan fingerprint density at radius 3 is 2.59 bits per heavy atom. The maximum absolute atomic E-state index is 12.3. The van der Waals surface area contributed by atoms with Crippen LogP contribution in [0.4, 0.5) is 11.4 Å². The van der Waals surface area contributed by atoms with Gasteiger partial charge in [-0.1, -0.05) is 24.3 Å². The van der Waals surface area contributed by atoms with E-state index in [4.69, 9.17) is 22.1 Å². The van der Waals surface area contributed by atoms with Gasteiger partial charge >= 0.3 is 5.97 Å². The van der Waals surface area contributed by atoms with Crippen LogP contribution in [0.2, 0.25) is 0 Å². The fraction of sp³-hybridized carbons (Fsp3) is 0.409. The van der Waals surface area contributed by atoms with Crippen molar-refractivity contribution in [1.82, 2.24) is 0 Å². The lowest BCUT2D eigenvalue weighted by atomic mass is 9.84. The number of anilines is 2. The van der Waals surface area contributed by atoms with E-state index in [2.05, 4.69) is 23.5 Å². The summed E-state index contributed by atoms with van der Waals surface area (Å²) < 4.78 is 5.22. The molecular formula is C22H29ClN2O2. The van der Waals surface area contributed by atoms with Crippen LogP contribution in [0.3, 0.4) is 0 Å². The van der Waals surface area contributed by atoms with Crippen LogP contribution in [-0.4, -0.2) is 19.1 Å². The molecule has 0 fully saturated rings. The lowest BCUT2D eigenvalue weighted by molar-refractivity contribution is -0.143. The number of esters is 1. The molecule has 0 saturated heterocycles. The maximum Gasteiger partial charge on any atom is 0.306 e. The van der Waals surface area contributed by atoms with Crippen LogP contribution in [0.15, 0.2) is 30.3 Å². The Balaban J connectivity index is 2.53. The second kappa shape index (κ2) is 9.65. The van der Waals surface area contributed by atoms with Crippen LogP contribution in [0.1, 0.15) is 54.0 Å². The van der Waals surface area contributed by atoms with Gasteiger partial charge in [0.25, 0.3) is 0 Å². The van der Waals surface area contributed by atoms with Gasteiger partial charge in [-0.3, -0.25) is 4.79 Å². The molecule has 0 aliphatic carbocycles. The SMILES string of the molecule is CCNc1ccc(C(CC(=O)OCC)c2ccc(C)c(CCl)c2)c(C)c1N. The molecule has 0 radical (unpaired) electrons. The van der Waals surface area contributed by atoms with Crippen LogP contribution >= 0.6 is 11.6 Å². The summed E-state index contributed by atoms with van der Waals surface area (Å²) in [6, 6.07) is 10.2. The number of hydrogen-bond donors (Lipinski definition) is 2. The van der Waals surface area contributed by atoms with E-state index in [-0.39, 0.29) is 18.3 Å². The standard InChI is InChI=1S/C22H29ClN2O2/c1-5-25-20-10-9-18(15(4)22(20)24)19(12-21(26)27-6-2)16-8-7-14(3)17(11-16)13-23/h7-11,19,25H,5-6,12-13,24H2,1-4H3. The number of carbonyl (C=O) groups excluding carboxylic acids is 1. The Morgan fingerprint density at radius 1 is 1.22 bits per heavy atom. The van der Waals surface area contributed by atoms with E-state index in [1.807, 2.05) is 39.8 Å². The molecular weight excluding hydrogens is 360 g/mol. The van der Waals surface area contributed by atoms with Gasteiger partial charge in [0, 0.05) is 18.3 Å². The Labute approximate surface area is 167 Å². The predicted octanol–water partition coefficient (Wildman–Crippen LogP) is 5.14. The van der Waals surface area contributed by atoms with Crippen molar-refractivity contribution in [1.29, 1.82) is 0 Å². The van der Waals surface area contributed by atoms with Crippen molar-refractivity contribution in [3.05, 3.63) is 58.1 Å². The molecule has 1 atom stereocenters. The van der Waals surface area contributed by atoms with Crippen molar-refractivity contribution in [2.24, 2.45) is 0 Å². The zero-order valence-electron chi connectivity index (χ0n) is 16.6. The van der Waals surface area contributed by atoms with Crippen molar-refractivity contribution in [2.75, 3.05) is 24.2 Å². The van der Waals surface area contributed by atoms with Gasteiger partial charge in [-0.05, 0) is 61.6 Å². The average Bonchev–Trinajstić information content (AvgIpc) is 2.65. The Kier molecular flexibility index (Phi) is 7.55. The number of nitrogen functional groups attached to an aromatic ring is 1. The molecule has 4 nitrogen and oxygen atoms in total. The van der Waals surface area contributed by atoms with Gasteiger partial charge in [-0.25, -0.2) is 0 Å². The molecule has 1 unspecified atom stereocenters. The van der Waals surface area contributed by atoms with Gasteiger partial charge in [0.1, 0.15) is 0 Å². The summed E-state index contributed by atoms with van der Waals surface area (Å²) in [4.78, 5) is 12.3. The van der Waals surface area contributed by atoms with Crippen LogP contribution in [-0.2, 0) is 15.4 Å². The molecule has 0 aromatic heterocycles. The highest BCUT2D eigenvalue weighted by atomic mass is 35.5. The number of nitrogens with one attached hydrogen (secondary N) is 1. The van der Waals surface area contributed by atoms with Crippen LogP contribution in [0.25, 0.3) is 0 Å². The van der Waals surface area contributed by atoms with Gasteiger partial charge in [0.15, 0.2) is 0 Å². The van der Waals surface area contributed by atoms with Crippen molar-refractivity contribution in [2.45, 2.75) is 45.9 Å². The normalized spacial score (nSPS) is 11.9. The topological polar surface area (TPSA) is 64.3 Å². The molecule has 146 valence electrons. The third-order valence-electron chi connectivity index (χ3n) is 4.90. The molecule has 0 bridgehead atoms. The van der Waals surface area contributed by atoms with Gasteiger partial charge in [-0.15, -0.1) is 11.6 Å². The molecule has 0 aliphatic rings. The fourth-order valence-corrected chi connectivity index (χ4v) is 3.60. The summed E-state index contributed by atoms with van der Waals surface area (Å²) >= 11 is 6.10. The Hall–Kier alpha value is -2.20.